The predicted octanol–water partition coefficient (Wildman–Crippen LogP) is 2.02. The summed E-state index contributed by atoms with van der Waals surface area (Å²) in [6, 6.07) is -0.0290. The zero-order chi connectivity index (χ0) is 14.4. The Morgan fingerprint density at radius 3 is 2.73 bits per heavy atom. The summed E-state index contributed by atoms with van der Waals surface area (Å²) in [5, 5.41) is 14.7. The molecule has 1 atom stereocenters. The summed E-state index contributed by atoms with van der Waals surface area (Å²) < 4.78 is 2.21. The summed E-state index contributed by atoms with van der Waals surface area (Å²) in [7, 11) is 1.85. The first kappa shape index (κ1) is 21.1. The number of nitrogens with zero attached hydrogens (tertiary/aromatic N) is 3. The maximum Gasteiger partial charge on any atom is 0.221 e. The van der Waals surface area contributed by atoms with Crippen LogP contribution in [-0.2, 0) is 17.8 Å². The lowest BCUT2D eigenvalue weighted by molar-refractivity contribution is -0.121. The van der Waals surface area contributed by atoms with E-state index in [4.69, 9.17) is 0 Å². The van der Waals surface area contributed by atoms with Crippen LogP contribution in [0.15, 0.2) is 0 Å². The van der Waals surface area contributed by atoms with Crippen molar-refractivity contribution in [1.82, 2.24) is 25.4 Å². The van der Waals surface area contributed by atoms with Crippen LogP contribution in [0.4, 0.5) is 0 Å². The molecule has 1 aliphatic heterocycles. The van der Waals surface area contributed by atoms with Crippen molar-refractivity contribution in [2.45, 2.75) is 58.0 Å². The van der Waals surface area contributed by atoms with Crippen LogP contribution >= 0.6 is 24.8 Å². The number of amides is 1. The Balaban J connectivity index is 0.00000220. The van der Waals surface area contributed by atoms with Crippen LogP contribution in [0, 0.1) is 0 Å². The van der Waals surface area contributed by atoms with Gasteiger partial charge in [-0.25, -0.2) is 0 Å². The number of halogens is 2. The van der Waals surface area contributed by atoms with Crippen LogP contribution < -0.4 is 10.6 Å². The van der Waals surface area contributed by atoms with E-state index >= 15 is 0 Å². The summed E-state index contributed by atoms with van der Waals surface area (Å²) in [6.45, 7) is 3.74. The largest absolute Gasteiger partial charge is 0.346 e. The Morgan fingerprint density at radius 1 is 1.27 bits per heavy atom. The van der Waals surface area contributed by atoms with Crippen LogP contribution in [0.5, 0.6) is 0 Å². The van der Waals surface area contributed by atoms with Gasteiger partial charge in [0.1, 0.15) is 5.82 Å². The number of rotatable bonds is 6. The number of hydrogen-bond donors (Lipinski definition) is 2. The second kappa shape index (κ2) is 10.8. The van der Waals surface area contributed by atoms with Crippen molar-refractivity contribution < 1.29 is 4.79 Å². The molecular formula is C14H27Cl2N5O. The lowest BCUT2D eigenvalue weighted by Crippen LogP contribution is -2.32. The third kappa shape index (κ3) is 5.41. The highest BCUT2D eigenvalue weighted by Gasteiger charge is 2.22. The smallest absolute Gasteiger partial charge is 0.221 e. The minimum Gasteiger partial charge on any atom is -0.346 e. The Kier molecular flexibility index (Phi) is 10.4. The molecule has 0 bridgehead atoms. The molecule has 1 aliphatic rings. The average Bonchev–Trinajstić information content (AvgIpc) is 2.71. The Bertz CT molecular complexity index is 452. The molecule has 0 saturated carbocycles. The van der Waals surface area contributed by atoms with Crippen LogP contribution in [0.3, 0.4) is 0 Å². The lowest BCUT2D eigenvalue weighted by Gasteiger charge is -2.18. The molecule has 2 N–H and O–H groups in total. The molecule has 6 nitrogen and oxygen atoms in total. The number of aryl methyl sites for hydroxylation is 1. The van der Waals surface area contributed by atoms with Crippen LogP contribution in [0.25, 0.3) is 0 Å². The van der Waals surface area contributed by atoms with Gasteiger partial charge >= 0.3 is 0 Å². The maximum absolute atomic E-state index is 11.9. The molecule has 8 heteroatoms. The van der Waals surface area contributed by atoms with Crippen LogP contribution in [-0.4, -0.2) is 34.3 Å². The SMILES string of the molecule is CCC(NC(=O)CCNC)c1nnc2n1CCCCC2.Cl.Cl. The zero-order valence-electron chi connectivity index (χ0n) is 13.3. The summed E-state index contributed by atoms with van der Waals surface area (Å²) in [5.41, 5.74) is 0. The van der Waals surface area contributed by atoms with Crippen molar-refractivity contribution in [1.29, 1.82) is 0 Å². The van der Waals surface area contributed by atoms with E-state index < -0.39 is 0 Å². The number of hydrogen-bond acceptors (Lipinski definition) is 4. The van der Waals surface area contributed by atoms with Crippen molar-refractivity contribution >= 4 is 30.7 Å². The zero-order valence-corrected chi connectivity index (χ0v) is 14.9. The highest BCUT2D eigenvalue weighted by molar-refractivity contribution is 5.85. The summed E-state index contributed by atoms with van der Waals surface area (Å²) in [6.07, 6.45) is 5.92. The van der Waals surface area contributed by atoms with Gasteiger partial charge < -0.3 is 15.2 Å². The van der Waals surface area contributed by atoms with Crippen molar-refractivity contribution in [3.8, 4) is 0 Å². The van der Waals surface area contributed by atoms with E-state index in [-0.39, 0.29) is 36.8 Å². The Morgan fingerprint density at radius 2 is 2.05 bits per heavy atom. The van der Waals surface area contributed by atoms with E-state index in [2.05, 4.69) is 32.3 Å². The van der Waals surface area contributed by atoms with Gasteiger partial charge in [-0.3, -0.25) is 4.79 Å². The quantitative estimate of drug-likeness (QED) is 0.822. The molecule has 1 amide bonds. The molecule has 0 fully saturated rings. The maximum atomic E-state index is 11.9. The third-order valence-electron chi connectivity index (χ3n) is 3.80. The van der Waals surface area contributed by atoms with E-state index in [9.17, 15) is 4.79 Å². The molecule has 0 aliphatic carbocycles. The summed E-state index contributed by atoms with van der Waals surface area (Å²) in [5.74, 6) is 2.06. The molecule has 22 heavy (non-hydrogen) atoms. The minimum absolute atomic E-state index is 0. The summed E-state index contributed by atoms with van der Waals surface area (Å²) in [4.78, 5) is 11.9. The third-order valence-corrected chi connectivity index (χ3v) is 3.80. The fraction of sp³-hybridized carbons (Fsp3) is 0.786. The van der Waals surface area contributed by atoms with Crippen molar-refractivity contribution in [2.24, 2.45) is 0 Å². The van der Waals surface area contributed by atoms with Gasteiger partial charge in [0.2, 0.25) is 5.91 Å². The molecular weight excluding hydrogens is 325 g/mol. The number of aromatic nitrogens is 3. The second-order valence-electron chi connectivity index (χ2n) is 5.32. The van der Waals surface area contributed by atoms with Gasteiger partial charge in [-0.05, 0) is 26.3 Å². The molecule has 0 radical (unpaired) electrons. The van der Waals surface area contributed by atoms with Crippen molar-refractivity contribution in [2.75, 3.05) is 13.6 Å². The lowest BCUT2D eigenvalue weighted by atomic mass is 10.2. The van der Waals surface area contributed by atoms with Crippen LogP contribution in [0.1, 0.15) is 56.7 Å². The summed E-state index contributed by atoms with van der Waals surface area (Å²) >= 11 is 0. The normalized spacial score (nSPS) is 14.8. The Labute approximate surface area is 144 Å². The van der Waals surface area contributed by atoms with Gasteiger partial charge in [0.05, 0.1) is 6.04 Å². The van der Waals surface area contributed by atoms with E-state index in [1.54, 1.807) is 0 Å². The first-order chi connectivity index (χ1) is 9.76. The molecule has 1 aromatic heterocycles. The van der Waals surface area contributed by atoms with Gasteiger partial charge in [0.15, 0.2) is 5.82 Å². The highest BCUT2D eigenvalue weighted by Crippen LogP contribution is 2.20. The molecule has 2 rings (SSSR count). The first-order valence-electron chi connectivity index (χ1n) is 7.62. The monoisotopic (exact) mass is 351 g/mol. The number of carbonyl (C=O) groups excluding carboxylic acids is 1. The molecule has 128 valence electrons. The average molecular weight is 352 g/mol. The fourth-order valence-corrected chi connectivity index (χ4v) is 2.62. The second-order valence-corrected chi connectivity index (χ2v) is 5.32. The number of carbonyl (C=O) groups is 1. The highest BCUT2D eigenvalue weighted by atomic mass is 35.5. The van der Waals surface area contributed by atoms with Gasteiger partial charge in [-0.1, -0.05) is 13.3 Å². The van der Waals surface area contributed by atoms with Gasteiger partial charge in [0.25, 0.3) is 0 Å². The molecule has 0 aromatic carbocycles. The van der Waals surface area contributed by atoms with Gasteiger partial charge in [0, 0.05) is 25.9 Å². The molecule has 2 heterocycles. The Hall–Kier alpha value is -0.850. The van der Waals surface area contributed by atoms with E-state index in [0.29, 0.717) is 13.0 Å². The fourth-order valence-electron chi connectivity index (χ4n) is 2.62. The first-order valence-corrected chi connectivity index (χ1v) is 7.62. The topological polar surface area (TPSA) is 71.8 Å². The van der Waals surface area contributed by atoms with Crippen molar-refractivity contribution in [3.05, 3.63) is 11.6 Å². The van der Waals surface area contributed by atoms with Crippen LogP contribution in [0.2, 0.25) is 0 Å². The standard InChI is InChI=1S/C14H25N5O.2ClH/c1-3-11(16-13(20)8-9-15-2)14-18-17-12-7-5-4-6-10-19(12)14;;/h11,15H,3-10H2,1-2H3,(H,16,20);2*1H. The van der Waals surface area contributed by atoms with Gasteiger partial charge in [-0.15, -0.1) is 35.0 Å². The van der Waals surface area contributed by atoms with E-state index in [0.717, 1.165) is 31.0 Å². The van der Waals surface area contributed by atoms with E-state index in [1.165, 1.54) is 19.3 Å². The molecule has 1 unspecified atom stereocenters. The van der Waals surface area contributed by atoms with E-state index in [1.807, 2.05) is 7.05 Å². The number of fused-ring (bicyclic) bond motifs is 1. The molecule has 1 aromatic rings. The molecule has 0 spiro atoms. The number of nitrogens with one attached hydrogen (secondary N) is 2. The van der Waals surface area contributed by atoms with Crippen molar-refractivity contribution in [3.63, 3.8) is 0 Å². The van der Waals surface area contributed by atoms with Gasteiger partial charge in [-0.2, -0.15) is 0 Å². The predicted molar refractivity (Wildman–Crippen MR) is 91.8 cm³/mol. The molecule has 0 saturated heterocycles. The minimum atomic E-state index is -0.0290.